The predicted molar refractivity (Wildman–Crippen MR) is 101 cm³/mol. The van der Waals surface area contributed by atoms with Crippen LogP contribution in [0.25, 0.3) is 0 Å². The van der Waals surface area contributed by atoms with E-state index in [1.54, 1.807) is 36.1 Å². The second kappa shape index (κ2) is 8.60. The average molecular weight is 398 g/mol. The lowest BCUT2D eigenvalue weighted by atomic mass is 9.96. The number of likely N-dealkylation sites (tertiary alicyclic amines) is 1. The summed E-state index contributed by atoms with van der Waals surface area (Å²) in [4.78, 5) is 26.2. The normalized spacial score (nSPS) is 16.5. The molecule has 0 aromatic heterocycles. The van der Waals surface area contributed by atoms with Gasteiger partial charge in [0.2, 0.25) is 15.9 Å². The minimum atomic E-state index is -3.70. The highest BCUT2D eigenvalue weighted by atomic mass is 32.2. The number of sulfonamides is 1. The zero-order chi connectivity index (χ0) is 20.2. The van der Waals surface area contributed by atoms with Crippen LogP contribution < -0.4 is 9.04 Å². The topological polar surface area (TPSA) is 93.2 Å². The van der Waals surface area contributed by atoms with Crippen LogP contribution in [0.4, 0.5) is 5.69 Å². The third kappa shape index (κ3) is 4.91. The van der Waals surface area contributed by atoms with Crippen LogP contribution >= 0.6 is 0 Å². The fourth-order valence-electron chi connectivity index (χ4n) is 3.32. The van der Waals surface area contributed by atoms with E-state index in [-0.39, 0.29) is 17.8 Å². The minimum absolute atomic E-state index is 0.223. The number of hydrogen-bond acceptors (Lipinski definition) is 6. The van der Waals surface area contributed by atoms with Gasteiger partial charge in [-0.15, -0.1) is 0 Å². The van der Waals surface area contributed by atoms with Crippen molar-refractivity contribution >= 4 is 27.6 Å². The maximum Gasteiger partial charge on any atom is 0.308 e. The summed E-state index contributed by atoms with van der Waals surface area (Å²) in [5.41, 5.74) is 0.363. The molecule has 0 spiro atoms. The summed E-state index contributed by atoms with van der Waals surface area (Å²) in [5.74, 6) is -0.297. The van der Waals surface area contributed by atoms with E-state index in [1.165, 1.54) is 14.2 Å². The summed E-state index contributed by atoms with van der Waals surface area (Å²) in [7, 11) is -0.861. The van der Waals surface area contributed by atoms with Crippen molar-refractivity contribution in [1.82, 2.24) is 4.90 Å². The molecule has 1 amide bonds. The highest BCUT2D eigenvalue weighted by Crippen LogP contribution is 2.27. The molecule has 150 valence electrons. The summed E-state index contributed by atoms with van der Waals surface area (Å²) in [6.07, 6.45) is 2.08. The van der Waals surface area contributed by atoms with E-state index in [2.05, 4.69) is 0 Å². The highest BCUT2D eigenvalue weighted by Gasteiger charge is 2.35. The Morgan fingerprint density at radius 3 is 2.37 bits per heavy atom. The molecule has 1 aromatic carbocycles. The molecule has 1 heterocycles. The average Bonchev–Trinajstić information content (AvgIpc) is 2.66. The Balaban J connectivity index is 2.20. The van der Waals surface area contributed by atoms with Gasteiger partial charge >= 0.3 is 5.97 Å². The first-order valence-corrected chi connectivity index (χ1v) is 10.5. The summed E-state index contributed by atoms with van der Waals surface area (Å²) in [6, 6.07) is 5.66. The van der Waals surface area contributed by atoms with E-state index in [9.17, 15) is 18.0 Å². The zero-order valence-corrected chi connectivity index (χ0v) is 16.9. The molecular formula is C18H26N2O6S. The first-order chi connectivity index (χ1) is 12.7. The number of ether oxygens (including phenoxy) is 2. The Bertz CT molecular complexity index is 787. The van der Waals surface area contributed by atoms with Gasteiger partial charge in [-0.3, -0.25) is 13.9 Å². The van der Waals surface area contributed by atoms with Gasteiger partial charge in [0.15, 0.2) is 0 Å². The number of carbonyl (C=O) groups excluding carboxylic acids is 2. The van der Waals surface area contributed by atoms with Gasteiger partial charge < -0.3 is 14.4 Å². The van der Waals surface area contributed by atoms with Crippen molar-refractivity contribution in [2.45, 2.75) is 25.8 Å². The van der Waals surface area contributed by atoms with Crippen LogP contribution in [0.3, 0.4) is 0 Å². The number of piperidine rings is 1. The van der Waals surface area contributed by atoms with Crippen LogP contribution in [-0.4, -0.2) is 64.8 Å². The van der Waals surface area contributed by atoms with E-state index >= 15 is 0 Å². The molecule has 0 saturated carbocycles. The van der Waals surface area contributed by atoms with Gasteiger partial charge in [0.05, 0.1) is 32.1 Å². The zero-order valence-electron chi connectivity index (χ0n) is 16.0. The van der Waals surface area contributed by atoms with Crippen molar-refractivity contribution in [2.75, 3.05) is 37.9 Å². The first kappa shape index (κ1) is 21.0. The lowest BCUT2D eigenvalue weighted by Gasteiger charge is -2.36. The Morgan fingerprint density at radius 2 is 1.85 bits per heavy atom. The predicted octanol–water partition coefficient (Wildman–Crippen LogP) is 1.26. The van der Waals surface area contributed by atoms with Crippen molar-refractivity contribution in [3.05, 3.63) is 24.3 Å². The van der Waals surface area contributed by atoms with Gasteiger partial charge in [-0.05, 0) is 31.9 Å². The number of methoxy groups -OCH3 is 2. The van der Waals surface area contributed by atoms with E-state index in [0.29, 0.717) is 37.4 Å². The molecule has 27 heavy (non-hydrogen) atoms. The number of amides is 1. The second-order valence-corrected chi connectivity index (χ2v) is 8.42. The van der Waals surface area contributed by atoms with E-state index in [1.807, 2.05) is 0 Å². The number of nitrogens with zero attached hydrogens (tertiary/aromatic N) is 2. The van der Waals surface area contributed by atoms with E-state index < -0.39 is 16.1 Å². The molecule has 0 bridgehead atoms. The second-order valence-electron chi connectivity index (χ2n) is 6.56. The van der Waals surface area contributed by atoms with Crippen LogP contribution in [-0.2, 0) is 24.3 Å². The SMILES string of the molecule is COC(=O)C1CCN(C(=O)C(C)N(c2cccc(OC)c2)S(C)(=O)=O)CC1. The number of carbonyl (C=O) groups is 2. The van der Waals surface area contributed by atoms with Crippen LogP contribution in [0.1, 0.15) is 19.8 Å². The van der Waals surface area contributed by atoms with Crippen molar-refractivity contribution in [3.63, 3.8) is 0 Å². The summed E-state index contributed by atoms with van der Waals surface area (Å²) in [5, 5.41) is 0. The molecule has 0 aliphatic carbocycles. The molecule has 1 aromatic rings. The fraction of sp³-hybridized carbons (Fsp3) is 0.556. The molecule has 9 heteroatoms. The lowest BCUT2D eigenvalue weighted by Crippen LogP contribution is -2.51. The van der Waals surface area contributed by atoms with Crippen molar-refractivity contribution in [1.29, 1.82) is 0 Å². The number of hydrogen-bond donors (Lipinski definition) is 0. The molecule has 1 atom stereocenters. The Kier molecular flexibility index (Phi) is 6.69. The maximum atomic E-state index is 12.9. The standard InChI is InChI=1S/C18H26N2O6S/c1-13(17(21)19-10-8-14(9-11-19)18(22)26-3)20(27(4,23)24)15-6-5-7-16(12-15)25-2/h5-7,12-14H,8-11H2,1-4H3. The monoisotopic (exact) mass is 398 g/mol. The van der Waals surface area contributed by atoms with Gasteiger partial charge in [0.25, 0.3) is 0 Å². The minimum Gasteiger partial charge on any atom is -0.497 e. The Hall–Kier alpha value is -2.29. The van der Waals surface area contributed by atoms with Crippen molar-refractivity contribution < 1.29 is 27.5 Å². The number of esters is 1. The van der Waals surface area contributed by atoms with Crippen LogP contribution in [0.15, 0.2) is 24.3 Å². The smallest absolute Gasteiger partial charge is 0.308 e. The molecule has 1 fully saturated rings. The lowest BCUT2D eigenvalue weighted by molar-refractivity contribution is -0.149. The summed E-state index contributed by atoms with van der Waals surface area (Å²) < 4.78 is 35.8. The molecular weight excluding hydrogens is 372 g/mol. The first-order valence-electron chi connectivity index (χ1n) is 8.69. The summed E-state index contributed by atoms with van der Waals surface area (Å²) >= 11 is 0. The molecule has 0 radical (unpaired) electrons. The van der Waals surface area contributed by atoms with Gasteiger partial charge in [-0.25, -0.2) is 8.42 Å². The van der Waals surface area contributed by atoms with Gasteiger partial charge in [0, 0.05) is 19.2 Å². The third-order valence-corrected chi connectivity index (χ3v) is 5.96. The fourth-order valence-corrected chi connectivity index (χ4v) is 4.48. The summed E-state index contributed by atoms with van der Waals surface area (Å²) in [6.45, 7) is 2.34. The van der Waals surface area contributed by atoms with E-state index in [0.717, 1.165) is 10.6 Å². The quantitative estimate of drug-likeness (QED) is 0.670. The highest BCUT2D eigenvalue weighted by molar-refractivity contribution is 7.92. The largest absolute Gasteiger partial charge is 0.497 e. The molecule has 8 nitrogen and oxygen atoms in total. The maximum absolute atomic E-state index is 12.9. The van der Waals surface area contributed by atoms with Crippen molar-refractivity contribution in [3.8, 4) is 5.75 Å². The molecule has 0 N–H and O–H groups in total. The van der Waals surface area contributed by atoms with Crippen molar-refractivity contribution in [2.24, 2.45) is 5.92 Å². The molecule has 1 aliphatic heterocycles. The molecule has 2 rings (SSSR count). The molecule has 1 saturated heterocycles. The number of rotatable bonds is 6. The van der Waals surface area contributed by atoms with Crippen LogP contribution in [0, 0.1) is 5.92 Å². The van der Waals surface area contributed by atoms with Gasteiger partial charge in [0.1, 0.15) is 11.8 Å². The number of anilines is 1. The number of benzene rings is 1. The third-order valence-electron chi connectivity index (χ3n) is 4.72. The Morgan fingerprint density at radius 1 is 1.22 bits per heavy atom. The van der Waals surface area contributed by atoms with E-state index in [4.69, 9.17) is 9.47 Å². The van der Waals surface area contributed by atoms with Crippen LogP contribution in [0.2, 0.25) is 0 Å². The molecule has 1 aliphatic rings. The van der Waals surface area contributed by atoms with Gasteiger partial charge in [-0.1, -0.05) is 6.07 Å². The molecule has 1 unspecified atom stereocenters. The van der Waals surface area contributed by atoms with Gasteiger partial charge in [-0.2, -0.15) is 0 Å². The Labute approximate surface area is 160 Å². The van der Waals surface area contributed by atoms with Crippen LogP contribution in [0.5, 0.6) is 5.75 Å².